The fourth-order valence-electron chi connectivity index (χ4n) is 2.88. The topological polar surface area (TPSA) is 79.8 Å². The van der Waals surface area contributed by atoms with Crippen molar-refractivity contribution >= 4 is 33.8 Å². The van der Waals surface area contributed by atoms with E-state index < -0.39 is 0 Å². The summed E-state index contributed by atoms with van der Waals surface area (Å²) in [5.74, 6) is 0.557. The molecule has 0 radical (unpaired) electrons. The summed E-state index contributed by atoms with van der Waals surface area (Å²) in [5, 5.41) is 18.2. The number of fused-ring (bicyclic) bond motifs is 1. The van der Waals surface area contributed by atoms with E-state index in [-0.39, 0.29) is 11.9 Å². The molecular weight excluding hydrogens is 322 g/mol. The Balaban J connectivity index is 1.62. The Morgan fingerprint density at radius 2 is 2.21 bits per heavy atom. The summed E-state index contributed by atoms with van der Waals surface area (Å²) in [5.41, 5.74) is 1.02. The Morgan fingerprint density at radius 1 is 1.29 bits per heavy atom. The van der Waals surface area contributed by atoms with Gasteiger partial charge >= 0.3 is 0 Å². The molecule has 0 saturated carbocycles. The number of nitrogens with zero attached hydrogens (tertiary/aromatic N) is 3. The number of hydrogen-bond acceptors (Lipinski definition) is 6. The lowest BCUT2D eigenvalue weighted by molar-refractivity contribution is -0.117. The average molecular weight is 339 g/mol. The Hall–Kier alpha value is -2.38. The first-order chi connectivity index (χ1) is 11.7. The SMILES string of the molecule is Cc1nnc(-c2ccc3cnc(NC(=O)C4CCCN4)cc3c2)s1. The summed E-state index contributed by atoms with van der Waals surface area (Å²) in [6, 6.07) is 7.88. The second kappa shape index (κ2) is 6.26. The smallest absolute Gasteiger partial charge is 0.242 e. The highest BCUT2D eigenvalue weighted by Crippen LogP contribution is 2.27. The minimum absolute atomic E-state index is 0.0183. The monoisotopic (exact) mass is 339 g/mol. The summed E-state index contributed by atoms with van der Waals surface area (Å²) in [6.07, 6.45) is 3.69. The Morgan fingerprint density at radius 3 is 2.96 bits per heavy atom. The first kappa shape index (κ1) is 15.2. The zero-order chi connectivity index (χ0) is 16.5. The van der Waals surface area contributed by atoms with E-state index in [0.717, 1.165) is 45.7 Å². The molecule has 1 aliphatic heterocycles. The van der Waals surface area contributed by atoms with Crippen LogP contribution in [0, 0.1) is 6.92 Å². The van der Waals surface area contributed by atoms with Gasteiger partial charge in [0, 0.05) is 17.1 Å². The second-order valence-corrected chi connectivity index (χ2v) is 7.08. The normalized spacial score (nSPS) is 17.3. The number of anilines is 1. The van der Waals surface area contributed by atoms with E-state index in [1.807, 2.05) is 25.1 Å². The number of hydrogen-bond donors (Lipinski definition) is 2. The predicted molar refractivity (Wildman–Crippen MR) is 95.0 cm³/mol. The number of carbonyl (C=O) groups is 1. The number of aryl methyl sites for hydroxylation is 1. The average Bonchev–Trinajstić information content (AvgIpc) is 3.25. The van der Waals surface area contributed by atoms with Crippen LogP contribution in [-0.4, -0.2) is 33.7 Å². The van der Waals surface area contributed by atoms with Crippen LogP contribution in [0.4, 0.5) is 5.82 Å². The van der Waals surface area contributed by atoms with Crippen molar-refractivity contribution in [3.63, 3.8) is 0 Å². The van der Waals surface area contributed by atoms with E-state index in [1.165, 1.54) is 0 Å². The van der Waals surface area contributed by atoms with Crippen molar-refractivity contribution in [1.29, 1.82) is 0 Å². The summed E-state index contributed by atoms with van der Waals surface area (Å²) in [7, 11) is 0. The molecule has 3 aromatic rings. The standard InChI is InChI=1S/C17H17N5OS/c1-10-21-22-17(24-10)11-4-5-12-9-19-15(8-13(12)7-11)20-16(23)14-3-2-6-18-14/h4-5,7-9,14,18H,2-3,6H2,1H3,(H,19,20,23). The number of aromatic nitrogens is 3. The fraction of sp³-hybridized carbons (Fsp3) is 0.294. The quantitative estimate of drug-likeness (QED) is 0.767. The number of rotatable bonds is 3. The molecule has 1 saturated heterocycles. The number of nitrogens with one attached hydrogen (secondary N) is 2. The van der Waals surface area contributed by atoms with E-state index >= 15 is 0 Å². The van der Waals surface area contributed by atoms with Crippen molar-refractivity contribution in [2.75, 3.05) is 11.9 Å². The zero-order valence-corrected chi connectivity index (χ0v) is 14.1. The van der Waals surface area contributed by atoms with Gasteiger partial charge in [0.2, 0.25) is 5.91 Å². The lowest BCUT2D eigenvalue weighted by Gasteiger charge is -2.11. The lowest BCUT2D eigenvalue weighted by Crippen LogP contribution is -2.35. The highest BCUT2D eigenvalue weighted by Gasteiger charge is 2.22. The number of benzene rings is 1. The molecule has 1 aliphatic rings. The van der Waals surface area contributed by atoms with Gasteiger partial charge in [-0.25, -0.2) is 4.98 Å². The van der Waals surface area contributed by atoms with Crippen LogP contribution in [0.25, 0.3) is 21.3 Å². The number of carbonyl (C=O) groups excluding carboxylic acids is 1. The van der Waals surface area contributed by atoms with Crippen LogP contribution in [0.1, 0.15) is 17.8 Å². The molecule has 0 bridgehead atoms. The van der Waals surface area contributed by atoms with Gasteiger partial charge in [0.15, 0.2) is 0 Å². The van der Waals surface area contributed by atoms with Gasteiger partial charge in [0.1, 0.15) is 15.8 Å². The Kier molecular flexibility index (Phi) is 3.95. The largest absolute Gasteiger partial charge is 0.309 e. The molecule has 0 aliphatic carbocycles. The third-order valence-electron chi connectivity index (χ3n) is 4.12. The maximum atomic E-state index is 12.2. The van der Waals surface area contributed by atoms with Crippen LogP contribution < -0.4 is 10.6 Å². The summed E-state index contributed by atoms with van der Waals surface area (Å²) < 4.78 is 0. The van der Waals surface area contributed by atoms with Crippen molar-refractivity contribution < 1.29 is 4.79 Å². The second-order valence-electron chi connectivity index (χ2n) is 5.90. The number of pyridine rings is 1. The van der Waals surface area contributed by atoms with Crippen LogP contribution in [0.15, 0.2) is 30.5 Å². The lowest BCUT2D eigenvalue weighted by atomic mass is 10.1. The fourth-order valence-corrected chi connectivity index (χ4v) is 3.57. The molecule has 122 valence electrons. The van der Waals surface area contributed by atoms with Crippen molar-refractivity contribution in [3.8, 4) is 10.6 Å². The van der Waals surface area contributed by atoms with Crippen molar-refractivity contribution in [1.82, 2.24) is 20.5 Å². The van der Waals surface area contributed by atoms with Crippen molar-refractivity contribution in [2.24, 2.45) is 0 Å². The molecule has 1 aromatic carbocycles. The first-order valence-electron chi connectivity index (χ1n) is 7.93. The molecule has 2 N–H and O–H groups in total. The maximum absolute atomic E-state index is 12.2. The van der Waals surface area contributed by atoms with E-state index in [0.29, 0.717) is 5.82 Å². The molecular formula is C17H17N5OS. The molecule has 1 fully saturated rings. The molecule has 4 rings (SSSR count). The summed E-state index contributed by atoms with van der Waals surface area (Å²) in [4.78, 5) is 16.6. The maximum Gasteiger partial charge on any atom is 0.242 e. The van der Waals surface area contributed by atoms with E-state index in [2.05, 4.69) is 31.9 Å². The highest BCUT2D eigenvalue weighted by atomic mass is 32.1. The van der Waals surface area contributed by atoms with Crippen LogP contribution in [0.5, 0.6) is 0 Å². The Labute approximate surface area is 143 Å². The molecule has 3 heterocycles. The van der Waals surface area contributed by atoms with Gasteiger partial charge in [-0.15, -0.1) is 10.2 Å². The molecule has 2 aromatic heterocycles. The molecule has 0 spiro atoms. The minimum atomic E-state index is -0.113. The van der Waals surface area contributed by atoms with Crippen molar-refractivity contribution in [3.05, 3.63) is 35.5 Å². The molecule has 24 heavy (non-hydrogen) atoms. The van der Waals surface area contributed by atoms with E-state index in [9.17, 15) is 4.79 Å². The molecule has 6 nitrogen and oxygen atoms in total. The molecule has 1 atom stereocenters. The third kappa shape index (κ3) is 3.00. The molecule has 7 heteroatoms. The third-order valence-corrected chi connectivity index (χ3v) is 5.01. The summed E-state index contributed by atoms with van der Waals surface area (Å²) in [6.45, 7) is 2.84. The summed E-state index contributed by atoms with van der Waals surface area (Å²) >= 11 is 1.57. The van der Waals surface area contributed by atoms with Gasteiger partial charge in [-0.05, 0) is 43.8 Å². The number of amides is 1. The van der Waals surface area contributed by atoms with Crippen LogP contribution >= 0.6 is 11.3 Å². The van der Waals surface area contributed by atoms with Crippen LogP contribution in [0.3, 0.4) is 0 Å². The van der Waals surface area contributed by atoms with Crippen LogP contribution in [-0.2, 0) is 4.79 Å². The first-order valence-corrected chi connectivity index (χ1v) is 8.75. The van der Waals surface area contributed by atoms with Gasteiger partial charge in [-0.3, -0.25) is 4.79 Å². The molecule has 1 unspecified atom stereocenters. The predicted octanol–water partition coefficient (Wildman–Crippen LogP) is 2.75. The van der Waals surface area contributed by atoms with E-state index in [4.69, 9.17) is 0 Å². The highest BCUT2D eigenvalue weighted by molar-refractivity contribution is 7.14. The van der Waals surface area contributed by atoms with Gasteiger partial charge in [0.25, 0.3) is 0 Å². The van der Waals surface area contributed by atoms with Gasteiger partial charge < -0.3 is 10.6 Å². The van der Waals surface area contributed by atoms with Crippen LogP contribution in [0.2, 0.25) is 0 Å². The van der Waals surface area contributed by atoms with Gasteiger partial charge in [0.05, 0.1) is 6.04 Å². The van der Waals surface area contributed by atoms with Crippen molar-refractivity contribution in [2.45, 2.75) is 25.8 Å². The minimum Gasteiger partial charge on any atom is -0.309 e. The van der Waals surface area contributed by atoms with Gasteiger partial charge in [-0.1, -0.05) is 23.5 Å². The molecule has 1 amide bonds. The van der Waals surface area contributed by atoms with E-state index in [1.54, 1.807) is 17.5 Å². The Bertz CT molecular complexity index is 901. The zero-order valence-electron chi connectivity index (χ0n) is 13.2. The van der Waals surface area contributed by atoms with Gasteiger partial charge in [-0.2, -0.15) is 0 Å².